The van der Waals surface area contributed by atoms with Gasteiger partial charge in [0.2, 0.25) is 0 Å². The van der Waals surface area contributed by atoms with Crippen molar-refractivity contribution in [2.24, 2.45) is 0 Å². The largest absolute Gasteiger partial charge is 0.485 e. The van der Waals surface area contributed by atoms with E-state index >= 15 is 0 Å². The van der Waals surface area contributed by atoms with E-state index in [0.29, 0.717) is 12.3 Å². The van der Waals surface area contributed by atoms with E-state index < -0.39 is 5.97 Å². The molecule has 0 aliphatic carbocycles. The summed E-state index contributed by atoms with van der Waals surface area (Å²) in [6, 6.07) is 6.60. The SMILES string of the molecule is Nc1cccc(C(=O)O)c1OCc1cc(Br)cs1. The Morgan fingerprint density at radius 2 is 2.28 bits per heavy atom. The van der Waals surface area contributed by atoms with Gasteiger partial charge < -0.3 is 15.6 Å². The number of nitrogens with two attached hydrogens (primary N) is 1. The number of halogens is 1. The molecule has 1 aromatic heterocycles. The Morgan fingerprint density at radius 1 is 1.50 bits per heavy atom. The first-order chi connectivity index (χ1) is 8.58. The van der Waals surface area contributed by atoms with Crippen LogP contribution in [0.25, 0.3) is 0 Å². The van der Waals surface area contributed by atoms with Gasteiger partial charge in [-0.05, 0) is 34.1 Å². The zero-order valence-corrected chi connectivity index (χ0v) is 11.6. The number of benzene rings is 1. The maximum atomic E-state index is 11.0. The van der Waals surface area contributed by atoms with Crippen molar-refractivity contribution in [2.75, 3.05) is 5.73 Å². The van der Waals surface area contributed by atoms with Crippen molar-refractivity contribution in [3.8, 4) is 5.75 Å². The number of ether oxygens (including phenoxy) is 1. The second kappa shape index (κ2) is 5.41. The normalized spacial score (nSPS) is 10.3. The number of anilines is 1. The second-order valence-electron chi connectivity index (χ2n) is 3.55. The number of rotatable bonds is 4. The molecule has 2 aromatic rings. The Morgan fingerprint density at radius 3 is 2.89 bits per heavy atom. The lowest BCUT2D eigenvalue weighted by atomic mass is 10.2. The highest BCUT2D eigenvalue weighted by Gasteiger charge is 2.14. The van der Waals surface area contributed by atoms with E-state index in [-0.39, 0.29) is 11.3 Å². The van der Waals surface area contributed by atoms with Crippen molar-refractivity contribution >= 4 is 38.9 Å². The molecule has 3 N–H and O–H groups in total. The lowest BCUT2D eigenvalue weighted by molar-refractivity contribution is 0.0692. The molecule has 94 valence electrons. The zero-order valence-electron chi connectivity index (χ0n) is 9.22. The third-order valence-corrected chi connectivity index (χ3v) is 3.93. The first-order valence-electron chi connectivity index (χ1n) is 5.05. The van der Waals surface area contributed by atoms with Gasteiger partial charge in [0, 0.05) is 14.7 Å². The van der Waals surface area contributed by atoms with Crippen LogP contribution in [-0.4, -0.2) is 11.1 Å². The zero-order chi connectivity index (χ0) is 13.1. The number of carbonyl (C=O) groups is 1. The van der Waals surface area contributed by atoms with Gasteiger partial charge in [0.15, 0.2) is 5.75 Å². The maximum Gasteiger partial charge on any atom is 0.339 e. The average Bonchev–Trinajstić information content (AvgIpc) is 2.73. The van der Waals surface area contributed by atoms with Crippen LogP contribution in [0.3, 0.4) is 0 Å². The van der Waals surface area contributed by atoms with Gasteiger partial charge in [-0.25, -0.2) is 4.79 Å². The summed E-state index contributed by atoms with van der Waals surface area (Å²) in [6.07, 6.45) is 0. The molecule has 0 saturated carbocycles. The quantitative estimate of drug-likeness (QED) is 0.844. The van der Waals surface area contributed by atoms with Crippen molar-refractivity contribution in [3.63, 3.8) is 0 Å². The molecule has 4 nitrogen and oxygen atoms in total. The van der Waals surface area contributed by atoms with Gasteiger partial charge >= 0.3 is 5.97 Å². The van der Waals surface area contributed by atoms with Gasteiger partial charge in [-0.2, -0.15) is 0 Å². The molecule has 0 radical (unpaired) electrons. The topological polar surface area (TPSA) is 72.6 Å². The highest BCUT2D eigenvalue weighted by Crippen LogP contribution is 2.28. The fourth-order valence-corrected chi connectivity index (χ4v) is 2.82. The third-order valence-electron chi connectivity index (χ3n) is 2.26. The van der Waals surface area contributed by atoms with E-state index in [9.17, 15) is 4.79 Å². The average molecular weight is 328 g/mol. The Balaban J connectivity index is 2.20. The number of para-hydroxylation sites is 1. The summed E-state index contributed by atoms with van der Waals surface area (Å²) >= 11 is 4.88. The van der Waals surface area contributed by atoms with Gasteiger partial charge in [0.1, 0.15) is 12.2 Å². The lowest BCUT2D eigenvalue weighted by Gasteiger charge is -2.10. The summed E-state index contributed by atoms with van der Waals surface area (Å²) in [5.74, 6) is -0.834. The molecule has 1 aromatic carbocycles. The van der Waals surface area contributed by atoms with E-state index in [1.807, 2.05) is 11.4 Å². The smallest absolute Gasteiger partial charge is 0.339 e. The molecular formula is C12H10BrNO3S. The Hall–Kier alpha value is -1.53. The van der Waals surface area contributed by atoms with Crippen LogP contribution in [0.5, 0.6) is 5.75 Å². The van der Waals surface area contributed by atoms with Crippen molar-refractivity contribution in [1.29, 1.82) is 0 Å². The van der Waals surface area contributed by atoms with Gasteiger partial charge in [0.25, 0.3) is 0 Å². The van der Waals surface area contributed by atoms with Crippen molar-refractivity contribution in [1.82, 2.24) is 0 Å². The summed E-state index contributed by atoms with van der Waals surface area (Å²) < 4.78 is 6.49. The molecule has 0 aliphatic rings. The van der Waals surface area contributed by atoms with Crippen molar-refractivity contribution in [3.05, 3.63) is 44.6 Å². The molecule has 0 atom stereocenters. The minimum atomic E-state index is -1.05. The second-order valence-corrected chi connectivity index (χ2v) is 5.46. The summed E-state index contributed by atoms with van der Waals surface area (Å²) in [4.78, 5) is 12.0. The lowest BCUT2D eigenvalue weighted by Crippen LogP contribution is -2.05. The molecule has 0 amide bonds. The highest BCUT2D eigenvalue weighted by atomic mass is 79.9. The monoisotopic (exact) mass is 327 g/mol. The van der Waals surface area contributed by atoms with Crippen LogP contribution in [0.4, 0.5) is 5.69 Å². The minimum Gasteiger partial charge on any atom is -0.485 e. The fraction of sp³-hybridized carbons (Fsp3) is 0.0833. The van der Waals surface area contributed by atoms with E-state index in [4.69, 9.17) is 15.6 Å². The van der Waals surface area contributed by atoms with Crippen LogP contribution in [0.15, 0.2) is 34.1 Å². The van der Waals surface area contributed by atoms with E-state index in [1.165, 1.54) is 17.4 Å². The number of thiophene rings is 1. The summed E-state index contributed by atoms with van der Waals surface area (Å²) in [6.45, 7) is 0.296. The number of hydrogen-bond donors (Lipinski definition) is 2. The molecule has 18 heavy (non-hydrogen) atoms. The Kier molecular flexibility index (Phi) is 3.88. The Bertz CT molecular complexity index is 582. The fourth-order valence-electron chi connectivity index (χ4n) is 1.46. The van der Waals surface area contributed by atoms with Crippen LogP contribution < -0.4 is 10.5 Å². The van der Waals surface area contributed by atoms with Gasteiger partial charge in [-0.15, -0.1) is 11.3 Å². The summed E-state index contributed by atoms with van der Waals surface area (Å²) in [5, 5.41) is 11.0. The van der Waals surface area contributed by atoms with Gasteiger partial charge in [0.05, 0.1) is 5.69 Å². The molecular weight excluding hydrogens is 318 g/mol. The standard InChI is InChI=1S/C12H10BrNO3S/c13-7-4-8(18-6-7)5-17-11-9(12(15)16)2-1-3-10(11)14/h1-4,6H,5,14H2,(H,15,16). The predicted octanol–water partition coefficient (Wildman–Crippen LogP) is 3.37. The molecule has 2 rings (SSSR count). The van der Waals surface area contributed by atoms with Crippen LogP contribution in [0.2, 0.25) is 0 Å². The van der Waals surface area contributed by atoms with Crippen LogP contribution in [0.1, 0.15) is 15.2 Å². The molecule has 0 bridgehead atoms. The molecule has 0 aliphatic heterocycles. The minimum absolute atomic E-state index is 0.0746. The third kappa shape index (κ3) is 2.83. The first kappa shape index (κ1) is 12.9. The van der Waals surface area contributed by atoms with E-state index in [0.717, 1.165) is 9.35 Å². The van der Waals surface area contributed by atoms with Crippen molar-refractivity contribution < 1.29 is 14.6 Å². The summed E-state index contributed by atoms with van der Waals surface area (Å²) in [7, 11) is 0. The highest BCUT2D eigenvalue weighted by molar-refractivity contribution is 9.10. The van der Waals surface area contributed by atoms with Crippen molar-refractivity contribution in [2.45, 2.75) is 6.61 Å². The molecule has 0 fully saturated rings. The Labute approximate surface area is 116 Å². The number of aromatic carboxylic acids is 1. The number of carboxylic acids is 1. The predicted molar refractivity (Wildman–Crippen MR) is 74.2 cm³/mol. The van der Waals surface area contributed by atoms with Crippen LogP contribution >= 0.6 is 27.3 Å². The molecule has 0 spiro atoms. The molecule has 0 saturated heterocycles. The van der Waals surface area contributed by atoms with E-state index in [2.05, 4.69) is 15.9 Å². The molecule has 0 unspecified atom stereocenters. The first-order valence-corrected chi connectivity index (χ1v) is 6.72. The summed E-state index contributed by atoms with van der Waals surface area (Å²) in [5.41, 5.74) is 6.13. The maximum absolute atomic E-state index is 11.0. The van der Waals surface area contributed by atoms with Gasteiger partial charge in [-0.3, -0.25) is 0 Å². The van der Waals surface area contributed by atoms with Crippen LogP contribution in [0, 0.1) is 0 Å². The molecule has 1 heterocycles. The number of nitrogen functional groups attached to an aromatic ring is 1. The van der Waals surface area contributed by atoms with E-state index in [1.54, 1.807) is 12.1 Å². The van der Waals surface area contributed by atoms with Gasteiger partial charge in [-0.1, -0.05) is 6.07 Å². The number of carboxylic acid groups (broad SMARTS) is 1. The molecule has 6 heteroatoms. The van der Waals surface area contributed by atoms with Crippen LogP contribution in [-0.2, 0) is 6.61 Å². The number of hydrogen-bond acceptors (Lipinski definition) is 4.